The molecule has 1 aromatic rings. The third-order valence-electron chi connectivity index (χ3n) is 8.11. The fourth-order valence-corrected chi connectivity index (χ4v) is 6.81. The number of fused-ring (bicyclic) bond motifs is 5. The maximum atomic E-state index is 12.1. The van der Waals surface area contributed by atoms with Gasteiger partial charge in [0, 0.05) is 11.1 Å². The average molecular weight is 332 g/mol. The van der Waals surface area contributed by atoms with Crippen LogP contribution >= 0.6 is 0 Å². The van der Waals surface area contributed by atoms with Gasteiger partial charge in [-0.05, 0) is 61.7 Å². The Kier molecular flexibility index (Phi) is 3.29. The SMILES string of the molecule is CC1(C(=O)O)CCCC2(C)C1CCC1(C)c3cocc3C(O)CC12. The van der Waals surface area contributed by atoms with Crippen molar-refractivity contribution < 1.29 is 19.4 Å². The highest BCUT2D eigenvalue weighted by atomic mass is 16.4. The van der Waals surface area contributed by atoms with E-state index in [1.807, 2.05) is 13.2 Å². The summed E-state index contributed by atoms with van der Waals surface area (Å²) in [5, 5.41) is 20.6. The second-order valence-corrected chi connectivity index (χ2v) is 9.14. The molecule has 0 spiro atoms. The zero-order chi connectivity index (χ0) is 17.3. The normalized spacial score (nSPS) is 47.4. The molecule has 4 rings (SSSR count). The first-order valence-corrected chi connectivity index (χ1v) is 9.21. The summed E-state index contributed by atoms with van der Waals surface area (Å²) in [5.41, 5.74) is 1.37. The number of aliphatic hydroxyl groups is 1. The van der Waals surface area contributed by atoms with Crippen molar-refractivity contribution >= 4 is 5.97 Å². The summed E-state index contributed by atoms with van der Waals surface area (Å²) >= 11 is 0. The van der Waals surface area contributed by atoms with Crippen LogP contribution in [0.25, 0.3) is 0 Å². The lowest BCUT2D eigenvalue weighted by atomic mass is 9.40. The van der Waals surface area contributed by atoms with Crippen molar-refractivity contribution in [1.29, 1.82) is 0 Å². The predicted molar refractivity (Wildman–Crippen MR) is 89.6 cm³/mol. The van der Waals surface area contributed by atoms with Crippen LogP contribution in [0.1, 0.15) is 76.5 Å². The Morgan fingerprint density at radius 3 is 2.62 bits per heavy atom. The molecule has 0 aliphatic heterocycles. The molecule has 24 heavy (non-hydrogen) atoms. The maximum Gasteiger partial charge on any atom is 0.309 e. The number of rotatable bonds is 1. The van der Waals surface area contributed by atoms with Gasteiger partial charge in [0.05, 0.1) is 24.0 Å². The van der Waals surface area contributed by atoms with Gasteiger partial charge in [-0.3, -0.25) is 4.79 Å². The molecule has 0 radical (unpaired) electrons. The van der Waals surface area contributed by atoms with E-state index in [2.05, 4.69) is 13.8 Å². The molecule has 3 aliphatic carbocycles. The minimum atomic E-state index is -0.651. The van der Waals surface area contributed by atoms with Crippen LogP contribution in [0.3, 0.4) is 0 Å². The summed E-state index contributed by atoms with van der Waals surface area (Å²) in [7, 11) is 0. The van der Waals surface area contributed by atoms with E-state index in [0.29, 0.717) is 12.3 Å². The third kappa shape index (κ3) is 1.81. The van der Waals surface area contributed by atoms with Crippen molar-refractivity contribution in [3.63, 3.8) is 0 Å². The van der Waals surface area contributed by atoms with Gasteiger partial charge < -0.3 is 14.6 Å². The molecule has 1 heterocycles. The van der Waals surface area contributed by atoms with Crippen molar-refractivity contribution in [2.24, 2.45) is 22.7 Å². The minimum Gasteiger partial charge on any atom is -0.481 e. The molecule has 6 unspecified atom stereocenters. The monoisotopic (exact) mass is 332 g/mol. The second kappa shape index (κ2) is 4.87. The van der Waals surface area contributed by atoms with E-state index in [-0.39, 0.29) is 16.7 Å². The first-order chi connectivity index (χ1) is 11.2. The van der Waals surface area contributed by atoms with Gasteiger partial charge >= 0.3 is 5.97 Å². The summed E-state index contributed by atoms with van der Waals surface area (Å²) in [6.07, 6.45) is 8.42. The average Bonchev–Trinajstić information content (AvgIpc) is 3.01. The Morgan fingerprint density at radius 1 is 1.17 bits per heavy atom. The Hall–Kier alpha value is -1.29. The van der Waals surface area contributed by atoms with Crippen LogP contribution < -0.4 is 0 Å². The lowest BCUT2D eigenvalue weighted by molar-refractivity contribution is -0.174. The van der Waals surface area contributed by atoms with Crippen LogP contribution in [-0.2, 0) is 10.2 Å². The largest absolute Gasteiger partial charge is 0.481 e. The molecule has 6 atom stereocenters. The summed E-state index contributed by atoms with van der Waals surface area (Å²) in [5.74, 6) is -0.180. The molecule has 1 aromatic heterocycles. The topological polar surface area (TPSA) is 70.7 Å². The molecule has 4 heteroatoms. The molecule has 2 saturated carbocycles. The van der Waals surface area contributed by atoms with Gasteiger partial charge in [-0.2, -0.15) is 0 Å². The molecule has 2 fully saturated rings. The first kappa shape index (κ1) is 16.2. The van der Waals surface area contributed by atoms with Gasteiger partial charge in [0.2, 0.25) is 0 Å². The van der Waals surface area contributed by atoms with Crippen LogP contribution in [-0.4, -0.2) is 16.2 Å². The number of hydrogen-bond donors (Lipinski definition) is 2. The molecule has 3 aliphatic rings. The lowest BCUT2D eigenvalue weighted by Crippen LogP contribution is -2.59. The molecular weight excluding hydrogens is 304 g/mol. The highest BCUT2D eigenvalue weighted by Crippen LogP contribution is 2.68. The first-order valence-electron chi connectivity index (χ1n) is 9.21. The molecular formula is C20H28O4. The van der Waals surface area contributed by atoms with Crippen LogP contribution in [0.2, 0.25) is 0 Å². The van der Waals surface area contributed by atoms with E-state index < -0.39 is 17.5 Å². The van der Waals surface area contributed by atoms with Gasteiger partial charge in [-0.15, -0.1) is 0 Å². The van der Waals surface area contributed by atoms with Crippen LogP contribution in [0.4, 0.5) is 0 Å². The second-order valence-electron chi connectivity index (χ2n) is 9.14. The molecule has 132 valence electrons. The zero-order valence-electron chi connectivity index (χ0n) is 14.8. The molecule has 4 nitrogen and oxygen atoms in total. The number of carboxylic acids is 1. The van der Waals surface area contributed by atoms with Crippen molar-refractivity contribution in [1.82, 2.24) is 0 Å². The van der Waals surface area contributed by atoms with Gasteiger partial charge in [-0.25, -0.2) is 0 Å². The number of carboxylic acid groups (broad SMARTS) is 1. The van der Waals surface area contributed by atoms with Gasteiger partial charge in [0.25, 0.3) is 0 Å². The van der Waals surface area contributed by atoms with E-state index in [4.69, 9.17) is 4.42 Å². The Bertz CT molecular complexity index is 679. The number of aliphatic carboxylic acids is 1. The van der Waals surface area contributed by atoms with Gasteiger partial charge in [0.15, 0.2) is 0 Å². The van der Waals surface area contributed by atoms with Crippen molar-refractivity contribution in [3.8, 4) is 0 Å². The molecule has 0 amide bonds. The fourth-order valence-electron chi connectivity index (χ4n) is 6.81. The Morgan fingerprint density at radius 2 is 1.92 bits per heavy atom. The van der Waals surface area contributed by atoms with Crippen LogP contribution in [0.15, 0.2) is 16.9 Å². The van der Waals surface area contributed by atoms with Crippen molar-refractivity contribution in [2.45, 2.75) is 70.8 Å². The van der Waals surface area contributed by atoms with Crippen molar-refractivity contribution in [2.75, 3.05) is 0 Å². The van der Waals surface area contributed by atoms with E-state index in [1.165, 1.54) is 0 Å². The quantitative estimate of drug-likeness (QED) is 0.805. The zero-order valence-corrected chi connectivity index (χ0v) is 14.8. The van der Waals surface area contributed by atoms with E-state index >= 15 is 0 Å². The Labute approximate surface area is 143 Å². The van der Waals surface area contributed by atoms with Gasteiger partial charge in [-0.1, -0.05) is 20.3 Å². The van der Waals surface area contributed by atoms with Crippen LogP contribution in [0, 0.1) is 22.7 Å². The molecule has 0 saturated heterocycles. The smallest absolute Gasteiger partial charge is 0.309 e. The molecule has 0 bridgehead atoms. The predicted octanol–water partition coefficient (Wildman–Crippen LogP) is 4.28. The highest BCUT2D eigenvalue weighted by molar-refractivity contribution is 5.75. The highest BCUT2D eigenvalue weighted by Gasteiger charge is 2.63. The lowest BCUT2D eigenvalue weighted by Gasteiger charge is -2.63. The minimum absolute atomic E-state index is 0.0242. The fraction of sp³-hybridized carbons (Fsp3) is 0.750. The standard InChI is InChI=1S/C20H28O4/c1-18-8-5-15-19(2,6-4-7-20(15,3)17(22)23)16(18)9-14(21)12-10-24-11-13(12)18/h10-11,14-16,21H,4-9H2,1-3H3,(H,22,23). The van der Waals surface area contributed by atoms with E-state index in [9.17, 15) is 15.0 Å². The molecule has 0 aromatic carbocycles. The Balaban J connectivity index is 1.82. The summed E-state index contributed by atoms with van der Waals surface area (Å²) < 4.78 is 5.45. The molecule has 2 N–H and O–H groups in total. The van der Waals surface area contributed by atoms with E-state index in [1.54, 1.807) is 6.26 Å². The summed E-state index contributed by atoms with van der Waals surface area (Å²) in [6.45, 7) is 6.53. The third-order valence-corrected chi connectivity index (χ3v) is 8.11. The number of furan rings is 1. The van der Waals surface area contributed by atoms with E-state index in [0.717, 1.165) is 43.2 Å². The maximum absolute atomic E-state index is 12.1. The summed E-state index contributed by atoms with van der Waals surface area (Å²) in [6, 6.07) is 0. The number of aliphatic hydroxyl groups excluding tert-OH is 1. The summed E-state index contributed by atoms with van der Waals surface area (Å²) in [4.78, 5) is 12.1. The van der Waals surface area contributed by atoms with Gasteiger partial charge in [0.1, 0.15) is 0 Å². The number of carbonyl (C=O) groups is 1. The number of hydrogen-bond acceptors (Lipinski definition) is 3. The van der Waals surface area contributed by atoms with Crippen LogP contribution in [0.5, 0.6) is 0 Å². The van der Waals surface area contributed by atoms with Crippen molar-refractivity contribution in [3.05, 3.63) is 23.7 Å².